The lowest BCUT2D eigenvalue weighted by molar-refractivity contribution is -0.119. The molecule has 1 aliphatic heterocycles. The van der Waals surface area contributed by atoms with Crippen LogP contribution in [0.3, 0.4) is 0 Å². The second kappa shape index (κ2) is 10.1. The first-order valence-electron chi connectivity index (χ1n) is 9.59. The quantitative estimate of drug-likeness (QED) is 0.522. The number of phenols is 1. The highest BCUT2D eigenvalue weighted by Gasteiger charge is 2.25. The zero-order valence-electron chi connectivity index (χ0n) is 16.9. The number of anilines is 3. The van der Waals surface area contributed by atoms with Crippen LogP contribution in [0, 0.1) is 0 Å². The van der Waals surface area contributed by atoms with Crippen molar-refractivity contribution in [2.75, 3.05) is 23.3 Å². The summed E-state index contributed by atoms with van der Waals surface area (Å²) in [6, 6.07) is 6.27. The standard InChI is InChI=1S/C20H25N5O4.ClH/c1-3-4-13-10-18(25-8-7-15(11-25)21-12(2)26)24-20(22-13)23-14-5-6-16(19(28)29)17(27)9-14;/h5-6,9-10,15,27H,3-4,7-8,11H2,1-2H3,(H,21,26)(H,28,29)(H,22,23,24);1H. The first-order chi connectivity index (χ1) is 13.9. The van der Waals surface area contributed by atoms with Crippen molar-refractivity contribution in [3.63, 3.8) is 0 Å². The van der Waals surface area contributed by atoms with Crippen molar-refractivity contribution < 1.29 is 19.8 Å². The smallest absolute Gasteiger partial charge is 0.339 e. The number of halogens is 1. The number of aromatic nitrogens is 2. The Morgan fingerprint density at radius 1 is 1.27 bits per heavy atom. The maximum Gasteiger partial charge on any atom is 0.339 e. The number of aromatic hydroxyl groups is 1. The van der Waals surface area contributed by atoms with Gasteiger partial charge in [0.2, 0.25) is 11.9 Å². The number of aromatic carboxylic acids is 1. The second-order valence-corrected chi connectivity index (χ2v) is 7.09. The molecule has 2 heterocycles. The molecule has 1 unspecified atom stereocenters. The van der Waals surface area contributed by atoms with E-state index < -0.39 is 5.97 Å². The van der Waals surface area contributed by atoms with Crippen LogP contribution in [-0.2, 0) is 11.2 Å². The van der Waals surface area contributed by atoms with Crippen molar-refractivity contribution in [3.8, 4) is 5.75 Å². The molecule has 0 aliphatic carbocycles. The molecule has 2 aromatic rings. The molecule has 10 heteroatoms. The normalized spacial score (nSPS) is 15.4. The first kappa shape index (κ1) is 23.2. The average Bonchev–Trinajstić information content (AvgIpc) is 3.09. The van der Waals surface area contributed by atoms with Gasteiger partial charge in [0, 0.05) is 49.6 Å². The van der Waals surface area contributed by atoms with Gasteiger partial charge in [0.15, 0.2) is 0 Å². The van der Waals surface area contributed by atoms with E-state index in [-0.39, 0.29) is 35.7 Å². The molecule has 0 bridgehead atoms. The predicted octanol–water partition coefficient (Wildman–Crippen LogP) is 2.71. The monoisotopic (exact) mass is 435 g/mol. The van der Waals surface area contributed by atoms with Gasteiger partial charge in [-0.15, -0.1) is 12.4 Å². The van der Waals surface area contributed by atoms with Gasteiger partial charge >= 0.3 is 5.97 Å². The molecule has 1 atom stereocenters. The number of rotatable bonds is 7. The molecule has 0 saturated carbocycles. The van der Waals surface area contributed by atoms with Crippen molar-refractivity contribution >= 4 is 41.7 Å². The fourth-order valence-electron chi connectivity index (χ4n) is 3.38. The Bertz CT molecular complexity index is 924. The molecule has 30 heavy (non-hydrogen) atoms. The third kappa shape index (κ3) is 5.73. The van der Waals surface area contributed by atoms with Crippen LogP contribution in [0.15, 0.2) is 24.3 Å². The van der Waals surface area contributed by atoms with Crippen molar-refractivity contribution in [3.05, 3.63) is 35.5 Å². The number of benzene rings is 1. The van der Waals surface area contributed by atoms with Crippen molar-refractivity contribution in [2.45, 2.75) is 39.2 Å². The lowest BCUT2D eigenvalue weighted by Crippen LogP contribution is -2.35. The van der Waals surface area contributed by atoms with Gasteiger partial charge in [-0.05, 0) is 25.0 Å². The van der Waals surface area contributed by atoms with E-state index in [4.69, 9.17) is 5.11 Å². The largest absolute Gasteiger partial charge is 0.507 e. The van der Waals surface area contributed by atoms with Crippen LogP contribution in [0.2, 0.25) is 0 Å². The molecule has 1 aromatic heterocycles. The summed E-state index contributed by atoms with van der Waals surface area (Å²) in [7, 11) is 0. The lowest BCUT2D eigenvalue weighted by atomic mass is 10.2. The van der Waals surface area contributed by atoms with Gasteiger partial charge in [-0.2, -0.15) is 4.98 Å². The Labute approximate surface area is 180 Å². The van der Waals surface area contributed by atoms with E-state index in [0.29, 0.717) is 18.2 Å². The molecule has 1 saturated heterocycles. The Hall–Kier alpha value is -3.07. The van der Waals surface area contributed by atoms with Crippen LogP contribution in [0.5, 0.6) is 5.75 Å². The second-order valence-electron chi connectivity index (χ2n) is 7.09. The molecule has 9 nitrogen and oxygen atoms in total. The fourth-order valence-corrected chi connectivity index (χ4v) is 3.38. The van der Waals surface area contributed by atoms with Gasteiger partial charge in [-0.25, -0.2) is 9.78 Å². The van der Waals surface area contributed by atoms with E-state index in [9.17, 15) is 14.7 Å². The number of nitrogens with zero attached hydrogens (tertiary/aromatic N) is 3. The number of carboxylic acids is 1. The van der Waals surface area contributed by atoms with Crippen LogP contribution in [0.1, 0.15) is 42.7 Å². The van der Waals surface area contributed by atoms with Gasteiger partial charge in [0.05, 0.1) is 0 Å². The van der Waals surface area contributed by atoms with Gasteiger partial charge < -0.3 is 25.7 Å². The molecule has 1 fully saturated rings. The van der Waals surface area contributed by atoms with E-state index in [0.717, 1.165) is 37.3 Å². The highest BCUT2D eigenvalue weighted by Crippen LogP contribution is 2.26. The van der Waals surface area contributed by atoms with Crippen molar-refractivity contribution in [1.82, 2.24) is 15.3 Å². The fraction of sp³-hybridized carbons (Fsp3) is 0.400. The van der Waals surface area contributed by atoms with Crippen LogP contribution in [0.4, 0.5) is 17.5 Å². The number of aryl methyl sites for hydroxylation is 1. The lowest BCUT2D eigenvalue weighted by Gasteiger charge is -2.19. The van der Waals surface area contributed by atoms with Gasteiger partial charge in [-0.1, -0.05) is 13.3 Å². The maximum absolute atomic E-state index is 11.3. The maximum atomic E-state index is 11.3. The SMILES string of the molecule is CCCc1cc(N2CCC(NC(C)=O)C2)nc(Nc2ccc(C(=O)O)c(O)c2)n1.Cl. The third-order valence-electron chi connectivity index (χ3n) is 4.68. The summed E-state index contributed by atoms with van der Waals surface area (Å²) in [4.78, 5) is 33.6. The van der Waals surface area contributed by atoms with E-state index in [1.807, 2.05) is 6.07 Å². The van der Waals surface area contributed by atoms with E-state index >= 15 is 0 Å². The van der Waals surface area contributed by atoms with Gasteiger partial charge in [0.1, 0.15) is 17.1 Å². The highest BCUT2D eigenvalue weighted by molar-refractivity contribution is 5.91. The summed E-state index contributed by atoms with van der Waals surface area (Å²) >= 11 is 0. The molecular weight excluding hydrogens is 410 g/mol. The Balaban J connectivity index is 0.00000320. The Kier molecular flexibility index (Phi) is 7.82. The Morgan fingerprint density at radius 3 is 2.67 bits per heavy atom. The summed E-state index contributed by atoms with van der Waals surface area (Å²) in [5.41, 5.74) is 1.21. The minimum absolute atomic E-state index is 0. The zero-order chi connectivity index (χ0) is 21.0. The third-order valence-corrected chi connectivity index (χ3v) is 4.68. The van der Waals surface area contributed by atoms with Crippen molar-refractivity contribution in [2.24, 2.45) is 0 Å². The molecule has 0 radical (unpaired) electrons. The van der Waals surface area contributed by atoms with Crippen LogP contribution < -0.4 is 15.5 Å². The number of amides is 1. The summed E-state index contributed by atoms with van der Waals surface area (Å²) in [5.74, 6) is -0.426. The highest BCUT2D eigenvalue weighted by atomic mass is 35.5. The zero-order valence-corrected chi connectivity index (χ0v) is 17.7. The van der Waals surface area contributed by atoms with E-state index in [1.54, 1.807) is 6.07 Å². The van der Waals surface area contributed by atoms with Gasteiger partial charge in [-0.3, -0.25) is 4.79 Å². The number of carboxylic acid groups (broad SMARTS) is 1. The Morgan fingerprint density at radius 2 is 2.03 bits per heavy atom. The number of hydrogen-bond acceptors (Lipinski definition) is 7. The number of hydrogen-bond donors (Lipinski definition) is 4. The molecule has 4 N–H and O–H groups in total. The van der Waals surface area contributed by atoms with Crippen LogP contribution in [0.25, 0.3) is 0 Å². The molecule has 0 spiro atoms. The molecule has 1 aromatic carbocycles. The molecule has 162 valence electrons. The number of carbonyl (C=O) groups excluding carboxylic acids is 1. The first-order valence-corrected chi connectivity index (χ1v) is 9.59. The van der Waals surface area contributed by atoms with Gasteiger partial charge in [0.25, 0.3) is 0 Å². The molecule has 1 amide bonds. The predicted molar refractivity (Wildman–Crippen MR) is 116 cm³/mol. The topological polar surface area (TPSA) is 128 Å². The van der Waals surface area contributed by atoms with Crippen molar-refractivity contribution in [1.29, 1.82) is 0 Å². The summed E-state index contributed by atoms with van der Waals surface area (Å²) in [6.07, 6.45) is 2.56. The summed E-state index contributed by atoms with van der Waals surface area (Å²) < 4.78 is 0. The summed E-state index contributed by atoms with van der Waals surface area (Å²) in [6.45, 7) is 5.04. The summed E-state index contributed by atoms with van der Waals surface area (Å²) in [5, 5.41) is 24.9. The number of nitrogens with one attached hydrogen (secondary N) is 2. The van der Waals surface area contributed by atoms with Crippen LogP contribution >= 0.6 is 12.4 Å². The minimum Gasteiger partial charge on any atom is -0.507 e. The number of carbonyl (C=O) groups is 2. The molecule has 3 rings (SSSR count). The average molecular weight is 436 g/mol. The molecule has 1 aliphatic rings. The van der Waals surface area contributed by atoms with Crippen LogP contribution in [-0.4, -0.2) is 51.2 Å². The van der Waals surface area contributed by atoms with E-state index in [1.165, 1.54) is 19.1 Å². The minimum atomic E-state index is -1.19. The van der Waals surface area contributed by atoms with E-state index in [2.05, 4.69) is 32.4 Å². The molecular formula is C20H26ClN5O4.